The molecule has 0 amide bonds. The molecule has 1 atom stereocenters. The van der Waals surface area contributed by atoms with Gasteiger partial charge in [0.1, 0.15) is 0 Å². The smallest absolute Gasteiger partial charge is 0.261 e. The van der Waals surface area contributed by atoms with Crippen molar-refractivity contribution in [2.45, 2.75) is 73.1 Å². The van der Waals surface area contributed by atoms with Gasteiger partial charge in [-0.05, 0) is 68.7 Å². The zero-order valence-electron chi connectivity index (χ0n) is 19.7. The fourth-order valence-corrected chi connectivity index (χ4v) is 3.38. The Balaban J connectivity index is 0.000000187. The van der Waals surface area contributed by atoms with Crippen LogP contribution >= 0.6 is 0 Å². The largest absolute Gasteiger partial charge is 0.269 e. The Morgan fingerprint density at radius 3 is 2.39 bits per heavy atom. The number of rotatable bonds is 3. The van der Waals surface area contributed by atoms with Crippen LogP contribution in [0.4, 0.5) is 17.1 Å². The SMILES string of the molecule is CC1=Nc2ccc(C)cc2C(C)C1.CC1CC1.CC=Nc1ccc([N+](=O)[O-])cc1CC. The zero-order chi connectivity index (χ0) is 23.0. The maximum Gasteiger partial charge on any atom is 0.269 e. The lowest BCUT2D eigenvalue weighted by Gasteiger charge is -2.20. The van der Waals surface area contributed by atoms with Crippen LogP contribution in [0.25, 0.3) is 0 Å². The number of hydrogen-bond donors (Lipinski definition) is 0. The lowest BCUT2D eigenvalue weighted by Crippen LogP contribution is -2.06. The van der Waals surface area contributed by atoms with Crippen molar-refractivity contribution in [3.8, 4) is 0 Å². The Hall–Kier alpha value is -2.82. The molecule has 1 aliphatic carbocycles. The van der Waals surface area contributed by atoms with E-state index in [0.29, 0.717) is 5.92 Å². The molecule has 2 aliphatic rings. The van der Waals surface area contributed by atoms with Gasteiger partial charge in [0.25, 0.3) is 5.69 Å². The van der Waals surface area contributed by atoms with Gasteiger partial charge in [0.05, 0.1) is 16.3 Å². The van der Waals surface area contributed by atoms with Crippen LogP contribution in [0.15, 0.2) is 46.4 Å². The van der Waals surface area contributed by atoms with Gasteiger partial charge in [-0.25, -0.2) is 0 Å². The number of aliphatic imine (C=N–C) groups is 2. The highest BCUT2D eigenvalue weighted by molar-refractivity contribution is 5.87. The molecule has 1 unspecified atom stereocenters. The summed E-state index contributed by atoms with van der Waals surface area (Å²) in [6.07, 6.45) is 6.51. The minimum Gasteiger partial charge on any atom is -0.261 e. The van der Waals surface area contributed by atoms with Crippen molar-refractivity contribution in [3.63, 3.8) is 0 Å². The van der Waals surface area contributed by atoms with Gasteiger partial charge in [0.15, 0.2) is 0 Å². The molecular formula is C26H35N3O2. The molecule has 0 radical (unpaired) electrons. The molecule has 1 saturated carbocycles. The standard InChI is InChI=1S/C12H15N.C10H12N2O2.C4H8/c1-8-4-5-12-11(6-8)9(2)7-10(3)13-12;1-3-8-7-9(12(13)14)5-6-10(8)11-4-2;1-4-2-3-4/h4-6,9H,7H2,1-3H3;4-7H,3H2,1-2H3;4H,2-3H2,1H3. The Bertz CT molecular complexity index is 959. The van der Waals surface area contributed by atoms with Gasteiger partial charge >= 0.3 is 0 Å². The lowest BCUT2D eigenvalue weighted by atomic mass is 9.90. The van der Waals surface area contributed by atoms with Gasteiger partial charge in [0.2, 0.25) is 0 Å². The van der Waals surface area contributed by atoms with Gasteiger partial charge in [-0.15, -0.1) is 0 Å². The van der Waals surface area contributed by atoms with E-state index in [1.165, 1.54) is 41.4 Å². The molecule has 31 heavy (non-hydrogen) atoms. The van der Waals surface area contributed by atoms with Crippen molar-refractivity contribution < 1.29 is 4.92 Å². The highest BCUT2D eigenvalue weighted by Gasteiger charge is 2.16. The van der Waals surface area contributed by atoms with Crippen LogP contribution < -0.4 is 0 Å². The molecule has 5 heteroatoms. The summed E-state index contributed by atoms with van der Waals surface area (Å²) < 4.78 is 0. The molecule has 4 rings (SSSR count). The number of benzene rings is 2. The first-order valence-electron chi connectivity index (χ1n) is 11.2. The van der Waals surface area contributed by atoms with Crippen molar-refractivity contribution in [1.29, 1.82) is 0 Å². The summed E-state index contributed by atoms with van der Waals surface area (Å²) in [5.74, 6) is 1.72. The Morgan fingerprint density at radius 2 is 1.84 bits per heavy atom. The summed E-state index contributed by atoms with van der Waals surface area (Å²) in [7, 11) is 0. The van der Waals surface area contributed by atoms with E-state index in [9.17, 15) is 10.1 Å². The predicted octanol–water partition coefficient (Wildman–Crippen LogP) is 7.89. The van der Waals surface area contributed by atoms with Crippen LogP contribution in [-0.4, -0.2) is 16.8 Å². The molecule has 5 nitrogen and oxygen atoms in total. The third-order valence-electron chi connectivity index (χ3n) is 5.42. The van der Waals surface area contributed by atoms with E-state index >= 15 is 0 Å². The number of nitrogens with zero attached hydrogens (tertiary/aromatic N) is 3. The third-order valence-corrected chi connectivity index (χ3v) is 5.42. The minimum absolute atomic E-state index is 0.122. The number of hydrogen-bond acceptors (Lipinski definition) is 4. The first kappa shape index (κ1) is 24.4. The Kier molecular flexibility index (Phi) is 9.10. The fourth-order valence-electron chi connectivity index (χ4n) is 3.38. The second-order valence-corrected chi connectivity index (χ2v) is 8.51. The van der Waals surface area contributed by atoms with E-state index in [1.54, 1.807) is 18.3 Å². The predicted molar refractivity (Wildman–Crippen MR) is 132 cm³/mol. The van der Waals surface area contributed by atoms with E-state index in [0.717, 1.165) is 30.0 Å². The monoisotopic (exact) mass is 421 g/mol. The van der Waals surface area contributed by atoms with Crippen molar-refractivity contribution in [3.05, 3.63) is 63.2 Å². The van der Waals surface area contributed by atoms with Gasteiger partial charge in [0, 0.05) is 24.1 Å². The van der Waals surface area contributed by atoms with Crippen molar-refractivity contribution in [1.82, 2.24) is 0 Å². The molecule has 2 aromatic rings. The molecule has 0 bridgehead atoms. The van der Waals surface area contributed by atoms with Crippen LogP contribution in [0.2, 0.25) is 0 Å². The number of fused-ring (bicyclic) bond motifs is 1. The van der Waals surface area contributed by atoms with Crippen LogP contribution in [0, 0.1) is 23.0 Å². The third kappa shape index (κ3) is 7.74. The van der Waals surface area contributed by atoms with E-state index in [1.807, 2.05) is 13.8 Å². The number of nitro benzene ring substituents is 1. The topological polar surface area (TPSA) is 67.9 Å². The second kappa shape index (κ2) is 11.5. The molecule has 0 spiro atoms. The Morgan fingerprint density at radius 1 is 1.16 bits per heavy atom. The number of aryl methyl sites for hydroxylation is 2. The maximum absolute atomic E-state index is 10.5. The summed E-state index contributed by atoms with van der Waals surface area (Å²) >= 11 is 0. The molecule has 1 fully saturated rings. The maximum atomic E-state index is 10.5. The van der Waals surface area contributed by atoms with Crippen molar-refractivity contribution in [2.24, 2.45) is 15.9 Å². The molecule has 0 N–H and O–H groups in total. The fraction of sp³-hybridized carbons (Fsp3) is 0.462. The highest BCUT2D eigenvalue weighted by Crippen LogP contribution is 2.34. The Labute approximate surface area is 186 Å². The summed E-state index contributed by atoms with van der Waals surface area (Å²) in [4.78, 5) is 18.8. The summed E-state index contributed by atoms with van der Waals surface area (Å²) in [5, 5.41) is 10.5. The van der Waals surface area contributed by atoms with Crippen LogP contribution in [0.3, 0.4) is 0 Å². The molecular weight excluding hydrogens is 386 g/mol. The van der Waals surface area contributed by atoms with Crippen molar-refractivity contribution in [2.75, 3.05) is 0 Å². The molecule has 166 valence electrons. The average Bonchev–Trinajstić information content (AvgIpc) is 3.52. The van der Waals surface area contributed by atoms with Gasteiger partial charge < -0.3 is 0 Å². The van der Waals surface area contributed by atoms with E-state index in [2.05, 4.69) is 55.9 Å². The van der Waals surface area contributed by atoms with E-state index < -0.39 is 4.92 Å². The van der Waals surface area contributed by atoms with E-state index in [-0.39, 0.29) is 5.69 Å². The van der Waals surface area contributed by atoms with E-state index in [4.69, 9.17) is 0 Å². The summed E-state index contributed by atoms with van der Waals surface area (Å²) in [6, 6.07) is 11.2. The molecule has 2 aromatic carbocycles. The molecule has 0 saturated heterocycles. The summed E-state index contributed by atoms with van der Waals surface area (Å²) in [6.45, 7) is 12.6. The van der Waals surface area contributed by atoms with Crippen molar-refractivity contribution >= 4 is 29.0 Å². The minimum atomic E-state index is -0.390. The highest BCUT2D eigenvalue weighted by atomic mass is 16.6. The summed E-state index contributed by atoms with van der Waals surface area (Å²) in [5.41, 5.74) is 6.99. The van der Waals surface area contributed by atoms with Crippen LogP contribution in [0.5, 0.6) is 0 Å². The van der Waals surface area contributed by atoms with Crippen LogP contribution in [0.1, 0.15) is 76.5 Å². The van der Waals surface area contributed by atoms with Gasteiger partial charge in [-0.1, -0.05) is 51.3 Å². The molecule has 1 aliphatic heterocycles. The normalized spacial score (nSPS) is 17.0. The first-order valence-corrected chi connectivity index (χ1v) is 11.2. The average molecular weight is 422 g/mol. The lowest BCUT2D eigenvalue weighted by molar-refractivity contribution is -0.384. The molecule has 0 aromatic heterocycles. The first-order chi connectivity index (χ1) is 14.7. The quantitative estimate of drug-likeness (QED) is 0.287. The van der Waals surface area contributed by atoms with Gasteiger partial charge in [-0.2, -0.15) is 0 Å². The van der Waals surface area contributed by atoms with Crippen LogP contribution in [-0.2, 0) is 6.42 Å². The number of non-ortho nitro benzene ring substituents is 1. The zero-order valence-corrected chi connectivity index (χ0v) is 19.7. The molecule has 1 heterocycles. The second-order valence-electron chi connectivity index (χ2n) is 8.51. The van der Waals surface area contributed by atoms with Gasteiger partial charge in [-0.3, -0.25) is 20.1 Å². The number of nitro groups is 1.